The van der Waals surface area contributed by atoms with Gasteiger partial charge in [0.1, 0.15) is 16.9 Å². The Hall–Kier alpha value is -3.56. The topological polar surface area (TPSA) is 89.0 Å². The van der Waals surface area contributed by atoms with Crippen LogP contribution in [0.3, 0.4) is 0 Å². The van der Waals surface area contributed by atoms with Crippen LogP contribution in [0.5, 0.6) is 0 Å². The van der Waals surface area contributed by atoms with Crippen LogP contribution in [0, 0.1) is 11.6 Å². The van der Waals surface area contributed by atoms with Crippen molar-refractivity contribution in [1.29, 1.82) is 0 Å². The third-order valence-electron chi connectivity index (χ3n) is 4.83. The van der Waals surface area contributed by atoms with Crippen molar-refractivity contribution in [3.63, 3.8) is 0 Å². The number of halogens is 3. The third-order valence-corrected chi connectivity index (χ3v) is 5.12. The monoisotopic (exact) mass is 458 g/mol. The van der Waals surface area contributed by atoms with Gasteiger partial charge in [-0.2, -0.15) is 5.10 Å². The lowest BCUT2D eigenvalue weighted by Crippen LogP contribution is -2.26. The van der Waals surface area contributed by atoms with Gasteiger partial charge in [0.2, 0.25) is 0 Å². The summed E-state index contributed by atoms with van der Waals surface area (Å²) >= 11 is 6.28. The number of H-pyrrole nitrogens is 1. The number of methoxy groups -OCH3 is 1. The molecule has 0 bridgehead atoms. The van der Waals surface area contributed by atoms with E-state index >= 15 is 0 Å². The van der Waals surface area contributed by atoms with Gasteiger partial charge in [-0.15, -0.1) is 0 Å². The fraction of sp³-hybridized carbons (Fsp3) is 0.136. The smallest absolute Gasteiger partial charge is 0.259 e. The van der Waals surface area contributed by atoms with E-state index in [-0.39, 0.29) is 27.5 Å². The summed E-state index contributed by atoms with van der Waals surface area (Å²) in [5.41, 5.74) is 0.107. The van der Waals surface area contributed by atoms with Crippen molar-refractivity contribution < 1.29 is 18.3 Å². The van der Waals surface area contributed by atoms with E-state index in [2.05, 4.69) is 15.4 Å². The van der Waals surface area contributed by atoms with E-state index in [9.17, 15) is 18.4 Å². The minimum atomic E-state index is -0.861. The number of fused-ring (bicyclic) bond motifs is 1. The Morgan fingerprint density at radius 3 is 2.53 bits per heavy atom. The van der Waals surface area contributed by atoms with Gasteiger partial charge in [0, 0.05) is 31.0 Å². The van der Waals surface area contributed by atoms with Gasteiger partial charge in [-0.05, 0) is 24.3 Å². The summed E-state index contributed by atoms with van der Waals surface area (Å²) in [6, 6.07) is 9.71. The van der Waals surface area contributed by atoms with Gasteiger partial charge in [0.15, 0.2) is 11.6 Å². The highest BCUT2D eigenvalue weighted by Crippen LogP contribution is 2.32. The first-order chi connectivity index (χ1) is 15.4. The van der Waals surface area contributed by atoms with Gasteiger partial charge >= 0.3 is 0 Å². The molecule has 0 unspecified atom stereocenters. The zero-order chi connectivity index (χ0) is 22.8. The van der Waals surface area contributed by atoms with Gasteiger partial charge in [-0.3, -0.25) is 9.59 Å². The van der Waals surface area contributed by atoms with Crippen LogP contribution in [0.15, 0.2) is 53.5 Å². The molecule has 2 aromatic heterocycles. The number of nitrogens with one attached hydrogen (secondary N) is 2. The summed E-state index contributed by atoms with van der Waals surface area (Å²) in [5, 5.41) is 7.16. The molecule has 0 atom stereocenters. The number of ether oxygens (including phenoxy) is 1. The van der Waals surface area contributed by atoms with E-state index in [0.717, 1.165) is 16.8 Å². The normalized spacial score (nSPS) is 11.1. The molecule has 4 rings (SSSR count). The summed E-state index contributed by atoms with van der Waals surface area (Å²) in [6.07, 6.45) is 1.24. The Balaban J connectivity index is 1.85. The predicted molar refractivity (Wildman–Crippen MR) is 116 cm³/mol. The number of nitrogens with zero attached hydrogens (tertiary/aromatic N) is 2. The molecule has 0 aliphatic rings. The number of carbonyl (C=O) groups is 1. The molecule has 0 radical (unpaired) electrons. The van der Waals surface area contributed by atoms with E-state index in [0.29, 0.717) is 24.3 Å². The lowest BCUT2D eigenvalue weighted by atomic mass is 10.1. The van der Waals surface area contributed by atoms with Crippen LogP contribution in [0.25, 0.3) is 27.8 Å². The number of aromatic nitrogens is 3. The standard InChI is InChI=1S/C22H17ClF2N4O3/c1-32-10-9-26-21(30)13-7-5-12(6-8-13)18-17-19(14(23)11-27-22(17)31)29(28-18)20-15(24)3-2-4-16(20)25/h2-8,11H,9-10H2,1H3,(H,26,30)(H,27,31). The van der Waals surface area contributed by atoms with Gasteiger partial charge in [0.25, 0.3) is 11.5 Å². The van der Waals surface area contributed by atoms with Crippen molar-refractivity contribution in [1.82, 2.24) is 20.1 Å². The molecule has 2 heterocycles. The van der Waals surface area contributed by atoms with Crippen LogP contribution in [0.1, 0.15) is 10.4 Å². The van der Waals surface area contributed by atoms with Crippen LogP contribution >= 0.6 is 11.6 Å². The maximum Gasteiger partial charge on any atom is 0.259 e. The van der Waals surface area contributed by atoms with E-state index in [1.54, 1.807) is 24.3 Å². The van der Waals surface area contributed by atoms with Crippen molar-refractivity contribution in [3.05, 3.63) is 81.2 Å². The maximum absolute atomic E-state index is 14.5. The van der Waals surface area contributed by atoms with Crippen LogP contribution in [0.2, 0.25) is 5.02 Å². The molecule has 0 fully saturated rings. The lowest BCUT2D eigenvalue weighted by Gasteiger charge is -2.07. The van der Waals surface area contributed by atoms with Gasteiger partial charge in [-0.1, -0.05) is 29.8 Å². The van der Waals surface area contributed by atoms with Gasteiger partial charge in [0.05, 0.1) is 17.0 Å². The lowest BCUT2D eigenvalue weighted by molar-refractivity contribution is 0.0937. The van der Waals surface area contributed by atoms with Crippen LogP contribution in [0.4, 0.5) is 8.78 Å². The second-order valence-corrected chi connectivity index (χ2v) is 7.25. The van der Waals surface area contributed by atoms with Gasteiger partial charge < -0.3 is 15.0 Å². The van der Waals surface area contributed by atoms with E-state index < -0.39 is 22.9 Å². The summed E-state index contributed by atoms with van der Waals surface area (Å²) in [6.45, 7) is 0.734. The number of para-hydroxylation sites is 1. The number of hydrogen-bond acceptors (Lipinski definition) is 4. The Morgan fingerprint density at radius 1 is 1.19 bits per heavy atom. The van der Waals surface area contributed by atoms with Crippen molar-refractivity contribution in [2.75, 3.05) is 20.3 Å². The third kappa shape index (κ3) is 3.88. The summed E-state index contributed by atoms with van der Waals surface area (Å²) in [7, 11) is 1.53. The molecule has 0 spiro atoms. The average Bonchev–Trinajstić information content (AvgIpc) is 3.18. The van der Waals surface area contributed by atoms with E-state index in [1.165, 1.54) is 19.4 Å². The zero-order valence-corrected chi connectivity index (χ0v) is 17.5. The summed E-state index contributed by atoms with van der Waals surface area (Å²) in [5.74, 6) is -2.01. The zero-order valence-electron chi connectivity index (χ0n) is 16.8. The van der Waals surface area contributed by atoms with Crippen LogP contribution < -0.4 is 10.9 Å². The number of hydrogen-bond donors (Lipinski definition) is 2. The van der Waals surface area contributed by atoms with Crippen molar-refractivity contribution in [2.45, 2.75) is 0 Å². The second kappa shape index (κ2) is 8.89. The Bertz CT molecular complexity index is 1350. The fourth-order valence-electron chi connectivity index (χ4n) is 3.33. The number of amides is 1. The summed E-state index contributed by atoms with van der Waals surface area (Å²) in [4.78, 5) is 27.3. The van der Waals surface area contributed by atoms with Crippen molar-refractivity contribution >= 4 is 28.4 Å². The number of rotatable bonds is 6. The van der Waals surface area contributed by atoms with Crippen molar-refractivity contribution in [3.8, 4) is 16.9 Å². The highest BCUT2D eigenvalue weighted by molar-refractivity contribution is 6.35. The number of aromatic amines is 1. The molecule has 4 aromatic rings. The first-order valence-electron chi connectivity index (χ1n) is 9.54. The van der Waals surface area contributed by atoms with Gasteiger partial charge in [-0.25, -0.2) is 13.5 Å². The Kier molecular flexibility index (Phi) is 6.02. The van der Waals surface area contributed by atoms with Crippen molar-refractivity contribution in [2.24, 2.45) is 0 Å². The highest BCUT2D eigenvalue weighted by atomic mass is 35.5. The molecule has 2 N–H and O–H groups in total. The molecular formula is C22H17ClF2N4O3. The molecule has 32 heavy (non-hydrogen) atoms. The molecule has 7 nitrogen and oxygen atoms in total. The fourth-order valence-corrected chi connectivity index (χ4v) is 3.56. The molecule has 164 valence electrons. The quantitative estimate of drug-likeness (QED) is 0.431. The molecule has 0 saturated heterocycles. The molecule has 2 aromatic carbocycles. The summed E-state index contributed by atoms with van der Waals surface area (Å²) < 4.78 is 34.9. The SMILES string of the molecule is COCCNC(=O)c1ccc(-c2nn(-c3c(F)cccc3F)c3c(Cl)c[nH]c(=O)c23)cc1. The Labute approximate surface area is 185 Å². The number of benzene rings is 2. The molecule has 1 amide bonds. The molecular weight excluding hydrogens is 442 g/mol. The molecule has 10 heteroatoms. The Morgan fingerprint density at radius 2 is 1.88 bits per heavy atom. The van der Waals surface area contributed by atoms with E-state index in [1.807, 2.05) is 0 Å². The minimum Gasteiger partial charge on any atom is -0.383 e. The van der Waals surface area contributed by atoms with Crippen LogP contribution in [-0.4, -0.2) is 40.9 Å². The molecule has 0 aliphatic heterocycles. The minimum absolute atomic E-state index is 0.0649. The predicted octanol–water partition coefficient (Wildman–Crippen LogP) is 3.69. The number of carbonyl (C=O) groups excluding carboxylic acids is 1. The largest absolute Gasteiger partial charge is 0.383 e. The second-order valence-electron chi connectivity index (χ2n) is 6.85. The first-order valence-corrected chi connectivity index (χ1v) is 9.92. The first kappa shape index (κ1) is 21.7. The number of pyridine rings is 1. The maximum atomic E-state index is 14.5. The van der Waals surface area contributed by atoms with Crippen LogP contribution in [-0.2, 0) is 4.74 Å². The average molecular weight is 459 g/mol. The van der Waals surface area contributed by atoms with E-state index in [4.69, 9.17) is 16.3 Å². The molecule has 0 saturated carbocycles. The highest BCUT2D eigenvalue weighted by Gasteiger charge is 2.23. The molecule has 0 aliphatic carbocycles.